The number of hydrogen-bond donors (Lipinski definition) is 0. The molecule has 2 atom stereocenters. The molecule has 1 aliphatic heterocycles. The van der Waals surface area contributed by atoms with Gasteiger partial charge in [-0.2, -0.15) is 0 Å². The van der Waals surface area contributed by atoms with Gasteiger partial charge in [0.1, 0.15) is 0 Å². The van der Waals surface area contributed by atoms with Crippen molar-refractivity contribution in [3.05, 3.63) is 0 Å². The van der Waals surface area contributed by atoms with Crippen molar-refractivity contribution in [2.24, 2.45) is 0 Å². The molecule has 0 radical (unpaired) electrons. The molecular weight excluding hydrogens is 116 g/mol. The van der Waals surface area contributed by atoms with Crippen LogP contribution in [0.5, 0.6) is 0 Å². The fourth-order valence-corrected chi connectivity index (χ4v) is 9.53. The molecule has 0 N–H and O–H groups in total. The minimum absolute atomic E-state index is 0.00463. The third-order valence-electron chi connectivity index (χ3n) is 2.29. The summed E-state index contributed by atoms with van der Waals surface area (Å²) in [7, 11) is -0.00926. The van der Waals surface area contributed by atoms with E-state index in [0.29, 0.717) is 0 Å². The zero-order valence-corrected chi connectivity index (χ0v) is 7.59. The van der Waals surface area contributed by atoms with Crippen LogP contribution in [0.25, 0.3) is 0 Å². The summed E-state index contributed by atoms with van der Waals surface area (Å²) in [5.41, 5.74) is 0. The molecule has 0 aromatic carbocycles. The van der Waals surface area contributed by atoms with Gasteiger partial charge in [0, 0.05) is 16.6 Å². The van der Waals surface area contributed by atoms with Crippen molar-refractivity contribution in [1.82, 2.24) is 0 Å². The third kappa shape index (κ3) is 1.16. The van der Waals surface area contributed by atoms with E-state index in [1.165, 1.54) is 0 Å². The normalized spacial score (nSPS) is 42.0. The first-order valence-corrected chi connectivity index (χ1v) is 9.91. The number of hydrogen-bond acceptors (Lipinski definition) is 0. The molecule has 0 spiro atoms. The van der Waals surface area contributed by atoms with E-state index in [-0.39, 0.29) is 16.6 Å². The van der Waals surface area contributed by atoms with Crippen molar-refractivity contribution in [1.29, 1.82) is 0 Å². The molecular formula is C5H14Si2. The second-order valence-electron chi connectivity index (χ2n) is 2.89. The molecule has 2 heteroatoms. The van der Waals surface area contributed by atoms with Crippen LogP contribution in [0.4, 0.5) is 0 Å². The summed E-state index contributed by atoms with van der Waals surface area (Å²) in [6.45, 7) is 5.12. The minimum atomic E-state index is -0.00463. The molecule has 0 aliphatic carbocycles. The van der Waals surface area contributed by atoms with Crippen molar-refractivity contribution >= 4 is 16.6 Å². The summed E-state index contributed by atoms with van der Waals surface area (Å²) in [5.74, 6) is 0. The average molecular weight is 130 g/mol. The van der Waals surface area contributed by atoms with Gasteiger partial charge in [0.05, 0.1) is 0 Å². The maximum Gasteiger partial charge on any atom is 0.0246 e. The van der Waals surface area contributed by atoms with Crippen LogP contribution in [0.3, 0.4) is 0 Å². The second kappa shape index (κ2) is 2.13. The van der Waals surface area contributed by atoms with Gasteiger partial charge in [-0.25, -0.2) is 0 Å². The van der Waals surface area contributed by atoms with Crippen molar-refractivity contribution in [3.8, 4) is 0 Å². The van der Waals surface area contributed by atoms with E-state index in [4.69, 9.17) is 0 Å². The molecule has 7 heavy (non-hydrogen) atoms. The first kappa shape index (κ1) is 5.57. The first-order chi connectivity index (χ1) is 3.30. The lowest BCUT2D eigenvalue weighted by atomic mass is 10.6. The Labute approximate surface area is 48.9 Å². The molecule has 1 heterocycles. The topological polar surface area (TPSA) is 0 Å². The monoisotopic (exact) mass is 130 g/mol. The Bertz CT molecular complexity index is 55.1. The van der Waals surface area contributed by atoms with E-state index < -0.39 is 0 Å². The quantitative estimate of drug-likeness (QED) is 0.432. The van der Waals surface area contributed by atoms with E-state index in [0.717, 1.165) is 0 Å². The van der Waals surface area contributed by atoms with E-state index in [2.05, 4.69) is 13.1 Å². The summed E-state index contributed by atoms with van der Waals surface area (Å²) in [6.07, 6.45) is 1.60. The maximum absolute atomic E-state index is 2.56. The molecule has 0 amide bonds. The molecule has 2 unspecified atom stereocenters. The lowest BCUT2D eigenvalue weighted by molar-refractivity contribution is 1.09. The smallest absolute Gasteiger partial charge is 0.0246 e. The minimum Gasteiger partial charge on any atom is -0.0741 e. The standard InChI is InChI=1S/C5H14Si2/c1-6-4-3-5-7(6)2/h6-7H,3-5H2,1-2H3. The fourth-order valence-electron chi connectivity index (χ4n) is 1.33. The summed E-state index contributed by atoms with van der Waals surface area (Å²) >= 11 is 0. The van der Waals surface area contributed by atoms with Gasteiger partial charge in [-0.15, -0.1) is 0 Å². The van der Waals surface area contributed by atoms with Crippen LogP contribution in [0, 0.1) is 0 Å². The molecule has 1 aliphatic rings. The highest BCUT2D eigenvalue weighted by molar-refractivity contribution is 7.22. The van der Waals surface area contributed by atoms with Crippen LogP contribution >= 0.6 is 0 Å². The maximum atomic E-state index is 2.56. The molecule has 0 aromatic rings. The zero-order valence-electron chi connectivity index (χ0n) is 5.28. The van der Waals surface area contributed by atoms with Crippen molar-refractivity contribution in [2.45, 2.75) is 31.6 Å². The van der Waals surface area contributed by atoms with E-state index >= 15 is 0 Å². The van der Waals surface area contributed by atoms with Gasteiger partial charge in [-0.1, -0.05) is 31.6 Å². The Morgan fingerprint density at radius 2 is 1.43 bits per heavy atom. The van der Waals surface area contributed by atoms with Crippen molar-refractivity contribution < 1.29 is 0 Å². The van der Waals surface area contributed by atoms with E-state index in [1.807, 2.05) is 0 Å². The molecule has 1 rings (SSSR count). The van der Waals surface area contributed by atoms with Crippen LogP contribution < -0.4 is 0 Å². The van der Waals surface area contributed by atoms with Crippen molar-refractivity contribution in [2.75, 3.05) is 0 Å². The highest BCUT2D eigenvalue weighted by atomic mass is 29.2. The van der Waals surface area contributed by atoms with Crippen LogP contribution in [0.2, 0.25) is 25.2 Å². The zero-order chi connectivity index (χ0) is 5.28. The van der Waals surface area contributed by atoms with E-state index in [1.54, 1.807) is 18.5 Å². The molecule has 0 bridgehead atoms. The molecule has 0 aromatic heterocycles. The Balaban J connectivity index is 2.33. The van der Waals surface area contributed by atoms with Gasteiger partial charge in [0.15, 0.2) is 0 Å². The largest absolute Gasteiger partial charge is 0.0741 e. The summed E-state index contributed by atoms with van der Waals surface area (Å²) < 4.78 is 0. The Morgan fingerprint density at radius 3 is 1.57 bits per heavy atom. The van der Waals surface area contributed by atoms with Crippen LogP contribution in [0.15, 0.2) is 0 Å². The molecule has 0 saturated carbocycles. The predicted molar refractivity (Wildman–Crippen MR) is 40.3 cm³/mol. The van der Waals surface area contributed by atoms with E-state index in [9.17, 15) is 0 Å². The Hall–Kier alpha value is 0.434. The van der Waals surface area contributed by atoms with Gasteiger partial charge in [0.25, 0.3) is 0 Å². The van der Waals surface area contributed by atoms with Crippen LogP contribution in [-0.4, -0.2) is 16.6 Å². The lowest BCUT2D eigenvalue weighted by Gasteiger charge is -2.01. The highest BCUT2D eigenvalue weighted by Crippen LogP contribution is 2.17. The van der Waals surface area contributed by atoms with Crippen LogP contribution in [0.1, 0.15) is 6.42 Å². The van der Waals surface area contributed by atoms with Gasteiger partial charge in [-0.05, 0) is 0 Å². The molecule has 0 nitrogen and oxygen atoms in total. The fraction of sp³-hybridized carbons (Fsp3) is 1.00. The highest BCUT2D eigenvalue weighted by Gasteiger charge is 2.20. The predicted octanol–water partition coefficient (Wildman–Crippen LogP) is 1.18. The average Bonchev–Trinajstić information content (AvgIpc) is 1.91. The Kier molecular flexibility index (Phi) is 1.70. The lowest BCUT2D eigenvalue weighted by Crippen LogP contribution is -2.21. The second-order valence-corrected chi connectivity index (χ2v) is 14.8. The Morgan fingerprint density at radius 1 is 1.00 bits per heavy atom. The summed E-state index contributed by atoms with van der Waals surface area (Å²) in [4.78, 5) is 0. The molecule has 1 saturated heterocycles. The number of rotatable bonds is 0. The third-order valence-corrected chi connectivity index (χ3v) is 14.7. The molecule has 1 fully saturated rings. The first-order valence-electron chi connectivity index (χ1n) is 3.30. The van der Waals surface area contributed by atoms with Crippen LogP contribution in [-0.2, 0) is 0 Å². The van der Waals surface area contributed by atoms with Gasteiger partial charge < -0.3 is 0 Å². The van der Waals surface area contributed by atoms with Crippen molar-refractivity contribution in [3.63, 3.8) is 0 Å². The summed E-state index contributed by atoms with van der Waals surface area (Å²) in [5, 5.41) is 0. The van der Waals surface area contributed by atoms with Gasteiger partial charge in [-0.3, -0.25) is 0 Å². The molecule has 42 valence electrons. The summed E-state index contributed by atoms with van der Waals surface area (Å²) in [6, 6.07) is 3.35. The van der Waals surface area contributed by atoms with Gasteiger partial charge >= 0.3 is 0 Å². The van der Waals surface area contributed by atoms with Gasteiger partial charge in [0.2, 0.25) is 0 Å². The SMILES string of the molecule is C[SiH]1CCC[SiH]1C.